The maximum Gasteiger partial charge on any atom is 0.326 e. The van der Waals surface area contributed by atoms with Crippen LogP contribution in [0.5, 0.6) is 0 Å². The molecule has 1 heterocycles. The molecule has 0 atom stereocenters. The molecule has 0 saturated carbocycles. The summed E-state index contributed by atoms with van der Waals surface area (Å²) < 4.78 is 0. The summed E-state index contributed by atoms with van der Waals surface area (Å²) in [4.78, 5) is 24.6. The fourth-order valence-electron chi connectivity index (χ4n) is 1.18. The molecule has 0 aliphatic carbocycles. The molecule has 0 aromatic heterocycles. The Kier molecular flexibility index (Phi) is 2.99. The quantitative estimate of drug-likeness (QED) is 0.403. The summed E-state index contributed by atoms with van der Waals surface area (Å²) in [5, 5.41) is 0. The van der Waals surface area contributed by atoms with Crippen LogP contribution in [-0.2, 0) is 4.79 Å². The van der Waals surface area contributed by atoms with Gasteiger partial charge in [0.05, 0.1) is 6.54 Å². The summed E-state index contributed by atoms with van der Waals surface area (Å²) in [5.74, 6) is -0.550. The van der Waals surface area contributed by atoms with E-state index < -0.39 is 11.6 Å². The van der Waals surface area contributed by atoms with Crippen LogP contribution in [0.3, 0.4) is 0 Å². The average Bonchev–Trinajstić information content (AvgIpc) is 1.97. The highest BCUT2D eigenvalue weighted by Gasteiger charge is 2.42. The van der Waals surface area contributed by atoms with E-state index in [1.807, 2.05) is 0 Å². The molecule has 76 valence electrons. The summed E-state index contributed by atoms with van der Waals surface area (Å²) in [6.07, 6.45) is 0. The van der Waals surface area contributed by atoms with Crippen molar-refractivity contribution in [2.75, 3.05) is 20.6 Å². The van der Waals surface area contributed by atoms with Gasteiger partial charge in [0.25, 0.3) is 5.91 Å². The van der Waals surface area contributed by atoms with Crippen molar-refractivity contribution in [3.8, 4) is 0 Å². The summed E-state index contributed by atoms with van der Waals surface area (Å²) in [6.45, 7) is 0.0506. The highest BCUT2D eigenvalue weighted by molar-refractivity contribution is 6.01. The number of hydrogen-bond acceptors (Lipinski definition) is 4. The van der Waals surface area contributed by atoms with Crippen molar-refractivity contribution in [1.82, 2.24) is 9.80 Å². The Morgan fingerprint density at radius 2 is 1.77 bits per heavy atom. The first-order chi connectivity index (χ1) is 5.36. The second kappa shape index (κ2) is 3.29. The standard InChI is InChI=1S/C6H12N4O2.H2O/c1-9-3-6(7,8)4(11)10(2)5(9)12;/h3,7-8H2,1-2H3;1H2. The molecule has 1 aliphatic heterocycles. The van der Waals surface area contributed by atoms with Gasteiger partial charge >= 0.3 is 6.03 Å². The summed E-state index contributed by atoms with van der Waals surface area (Å²) in [5.41, 5.74) is 9.47. The van der Waals surface area contributed by atoms with Crippen LogP contribution in [-0.4, -0.2) is 53.5 Å². The Morgan fingerprint density at radius 1 is 1.31 bits per heavy atom. The molecular formula is C6H14N4O3. The monoisotopic (exact) mass is 190 g/mol. The minimum absolute atomic E-state index is 0. The number of imide groups is 1. The number of hydrogen-bond donors (Lipinski definition) is 2. The number of nitrogens with zero attached hydrogens (tertiary/aromatic N) is 2. The predicted molar refractivity (Wildman–Crippen MR) is 45.5 cm³/mol. The molecule has 7 heteroatoms. The van der Waals surface area contributed by atoms with Crippen LogP contribution in [0.25, 0.3) is 0 Å². The van der Waals surface area contributed by atoms with E-state index in [-0.39, 0.29) is 18.1 Å². The average molecular weight is 190 g/mol. The third-order valence-electron chi connectivity index (χ3n) is 1.82. The van der Waals surface area contributed by atoms with Crippen molar-refractivity contribution in [3.05, 3.63) is 0 Å². The smallest absolute Gasteiger partial charge is 0.326 e. The second-order valence-electron chi connectivity index (χ2n) is 3.04. The SMILES string of the molecule is CN1CC(N)(N)C(=O)N(C)C1=O.O. The van der Waals surface area contributed by atoms with Gasteiger partial charge in [0, 0.05) is 14.1 Å². The van der Waals surface area contributed by atoms with Crippen molar-refractivity contribution in [2.45, 2.75) is 5.66 Å². The van der Waals surface area contributed by atoms with Gasteiger partial charge in [0.2, 0.25) is 0 Å². The molecule has 0 aromatic rings. The molecule has 1 aliphatic rings. The molecule has 0 aromatic carbocycles. The fourth-order valence-corrected chi connectivity index (χ4v) is 1.18. The van der Waals surface area contributed by atoms with Gasteiger partial charge in [0.15, 0.2) is 5.66 Å². The number of rotatable bonds is 0. The van der Waals surface area contributed by atoms with Crippen molar-refractivity contribution < 1.29 is 15.1 Å². The number of nitrogens with two attached hydrogens (primary N) is 2. The van der Waals surface area contributed by atoms with E-state index in [4.69, 9.17) is 11.5 Å². The molecule has 0 unspecified atom stereocenters. The van der Waals surface area contributed by atoms with Gasteiger partial charge in [-0.2, -0.15) is 0 Å². The zero-order valence-electron chi connectivity index (χ0n) is 7.57. The van der Waals surface area contributed by atoms with Gasteiger partial charge in [0.1, 0.15) is 0 Å². The van der Waals surface area contributed by atoms with Crippen LogP contribution < -0.4 is 11.5 Å². The fraction of sp³-hybridized carbons (Fsp3) is 0.667. The van der Waals surface area contributed by atoms with Crippen LogP contribution in [0.2, 0.25) is 0 Å². The van der Waals surface area contributed by atoms with Crippen molar-refractivity contribution in [3.63, 3.8) is 0 Å². The van der Waals surface area contributed by atoms with E-state index in [1.54, 1.807) is 7.05 Å². The Balaban J connectivity index is 0.00000144. The number of carbonyl (C=O) groups excluding carboxylic acids is 2. The minimum atomic E-state index is -1.45. The molecule has 1 saturated heterocycles. The normalized spacial score (nSPS) is 21.5. The molecule has 0 radical (unpaired) electrons. The van der Waals surface area contributed by atoms with Gasteiger partial charge in [-0.3, -0.25) is 9.69 Å². The summed E-state index contributed by atoms with van der Waals surface area (Å²) in [7, 11) is 2.90. The molecule has 13 heavy (non-hydrogen) atoms. The Morgan fingerprint density at radius 3 is 2.23 bits per heavy atom. The van der Waals surface area contributed by atoms with E-state index >= 15 is 0 Å². The van der Waals surface area contributed by atoms with Gasteiger partial charge in [-0.25, -0.2) is 4.79 Å². The van der Waals surface area contributed by atoms with E-state index in [0.29, 0.717) is 0 Å². The van der Waals surface area contributed by atoms with E-state index in [1.165, 1.54) is 11.9 Å². The lowest BCUT2D eigenvalue weighted by molar-refractivity contribution is -0.136. The first kappa shape index (κ1) is 11.8. The molecule has 0 bridgehead atoms. The van der Waals surface area contributed by atoms with Crippen LogP contribution in [0.1, 0.15) is 0 Å². The number of carbonyl (C=O) groups is 2. The lowest BCUT2D eigenvalue weighted by Gasteiger charge is -2.38. The predicted octanol–water partition coefficient (Wildman–Crippen LogP) is -2.70. The van der Waals surface area contributed by atoms with Gasteiger partial charge in [-0.15, -0.1) is 0 Å². The highest BCUT2D eigenvalue weighted by atomic mass is 16.2. The highest BCUT2D eigenvalue weighted by Crippen LogP contribution is 2.09. The van der Waals surface area contributed by atoms with E-state index in [0.717, 1.165) is 4.90 Å². The van der Waals surface area contributed by atoms with Crippen LogP contribution in [0.15, 0.2) is 0 Å². The zero-order chi connectivity index (χ0) is 9.52. The minimum Gasteiger partial charge on any atom is -0.412 e. The Bertz CT molecular complexity index is 240. The van der Waals surface area contributed by atoms with E-state index in [9.17, 15) is 9.59 Å². The summed E-state index contributed by atoms with van der Waals surface area (Å²) >= 11 is 0. The molecule has 7 nitrogen and oxygen atoms in total. The van der Waals surface area contributed by atoms with Crippen LogP contribution >= 0.6 is 0 Å². The lowest BCUT2D eigenvalue weighted by atomic mass is 10.1. The first-order valence-electron chi connectivity index (χ1n) is 3.47. The van der Waals surface area contributed by atoms with Gasteiger partial charge < -0.3 is 21.8 Å². The molecule has 6 N–H and O–H groups in total. The summed E-state index contributed by atoms with van der Waals surface area (Å²) in [6, 6.07) is -0.383. The Hall–Kier alpha value is -1.18. The van der Waals surface area contributed by atoms with Gasteiger partial charge in [-0.05, 0) is 0 Å². The first-order valence-corrected chi connectivity index (χ1v) is 3.47. The molecule has 1 fully saturated rings. The third-order valence-corrected chi connectivity index (χ3v) is 1.82. The largest absolute Gasteiger partial charge is 0.412 e. The Labute approximate surface area is 75.6 Å². The zero-order valence-corrected chi connectivity index (χ0v) is 7.57. The number of likely N-dealkylation sites (N-methyl/N-ethyl adjacent to an activating group) is 2. The molecule has 3 amide bonds. The van der Waals surface area contributed by atoms with Crippen molar-refractivity contribution >= 4 is 11.9 Å². The second-order valence-corrected chi connectivity index (χ2v) is 3.04. The lowest BCUT2D eigenvalue weighted by Crippen LogP contribution is -2.72. The van der Waals surface area contributed by atoms with Crippen molar-refractivity contribution in [1.29, 1.82) is 0 Å². The van der Waals surface area contributed by atoms with Crippen molar-refractivity contribution in [2.24, 2.45) is 11.5 Å². The van der Waals surface area contributed by atoms with Gasteiger partial charge in [-0.1, -0.05) is 0 Å². The maximum absolute atomic E-state index is 11.2. The number of amides is 3. The van der Waals surface area contributed by atoms with Crippen LogP contribution in [0.4, 0.5) is 4.79 Å². The maximum atomic E-state index is 11.2. The topological polar surface area (TPSA) is 124 Å². The third kappa shape index (κ3) is 1.77. The molecule has 1 rings (SSSR count). The molecule has 0 spiro atoms. The molecular weight excluding hydrogens is 176 g/mol. The van der Waals surface area contributed by atoms with Crippen LogP contribution in [0, 0.1) is 0 Å². The van der Waals surface area contributed by atoms with E-state index in [2.05, 4.69) is 0 Å². The number of urea groups is 1.